The number of aliphatic hydroxyl groups excluding tert-OH is 1. The molecule has 0 aromatic carbocycles. The van der Waals surface area contributed by atoms with Gasteiger partial charge in [0.1, 0.15) is 5.70 Å². The van der Waals surface area contributed by atoms with Gasteiger partial charge in [-0.15, -0.1) is 0 Å². The smallest absolute Gasteiger partial charge is 0.113 e. The van der Waals surface area contributed by atoms with Crippen LogP contribution in [0.25, 0.3) is 0 Å². The zero-order chi connectivity index (χ0) is 11.4. The number of carboxylic acid groups (broad SMARTS) is 1. The van der Waals surface area contributed by atoms with Crippen molar-refractivity contribution in [2.75, 3.05) is 27.7 Å². The average molecular weight is 201 g/mol. The lowest BCUT2D eigenvalue weighted by Gasteiger charge is -2.28. The quantitative estimate of drug-likeness (QED) is 0.481. The Morgan fingerprint density at radius 3 is 2.14 bits per heavy atom. The first kappa shape index (κ1) is 13.1. The molecule has 0 aromatic rings. The molecular weight excluding hydrogens is 182 g/mol. The summed E-state index contributed by atoms with van der Waals surface area (Å²) in [5.74, 6) is -1.13. The third-order valence-corrected chi connectivity index (χ3v) is 2.12. The van der Waals surface area contributed by atoms with Crippen LogP contribution in [0.15, 0.2) is 11.3 Å². The van der Waals surface area contributed by atoms with E-state index in [0.717, 1.165) is 5.70 Å². The van der Waals surface area contributed by atoms with Gasteiger partial charge < -0.3 is 19.5 Å². The minimum absolute atomic E-state index is 0.0732. The summed E-state index contributed by atoms with van der Waals surface area (Å²) in [5, 5.41) is 19.4. The monoisotopic (exact) mass is 201 g/mol. The van der Waals surface area contributed by atoms with Crippen molar-refractivity contribution in [3.05, 3.63) is 11.3 Å². The van der Waals surface area contributed by atoms with Gasteiger partial charge in [0.25, 0.3) is 0 Å². The number of rotatable bonds is 5. The molecule has 0 radical (unpaired) electrons. The second-order valence-electron chi connectivity index (χ2n) is 4.20. The summed E-state index contributed by atoms with van der Waals surface area (Å²) in [6.07, 6.45) is 1.16. The van der Waals surface area contributed by atoms with Crippen molar-refractivity contribution >= 4 is 5.97 Å². The third-order valence-electron chi connectivity index (χ3n) is 2.12. The second-order valence-corrected chi connectivity index (χ2v) is 4.20. The molecule has 0 aliphatic carbocycles. The Bertz CT molecular complexity index is 238. The Kier molecular flexibility index (Phi) is 4.80. The van der Waals surface area contributed by atoms with Crippen LogP contribution in [-0.4, -0.2) is 43.3 Å². The van der Waals surface area contributed by atoms with Crippen molar-refractivity contribution < 1.29 is 19.5 Å². The van der Waals surface area contributed by atoms with Gasteiger partial charge in [-0.3, -0.25) is 0 Å². The molecule has 0 amide bonds. The number of nitrogens with zero attached hydrogens (tertiary/aromatic N) is 1. The van der Waals surface area contributed by atoms with E-state index in [1.54, 1.807) is 6.92 Å². The highest BCUT2D eigenvalue weighted by Gasteiger charge is 2.19. The maximum atomic E-state index is 10.7. The Morgan fingerprint density at radius 2 is 1.86 bits per heavy atom. The van der Waals surface area contributed by atoms with Crippen molar-refractivity contribution in [3.63, 3.8) is 0 Å². The number of carbonyl (C=O) groups excluding carboxylic acids is 1. The lowest BCUT2D eigenvalue weighted by Crippen LogP contribution is -2.37. The minimum Gasteiger partial charge on any atom is -0.545 e. The second kappa shape index (κ2) is 5.12. The van der Waals surface area contributed by atoms with Crippen LogP contribution in [0.3, 0.4) is 0 Å². The van der Waals surface area contributed by atoms with Crippen LogP contribution in [0.2, 0.25) is 0 Å². The number of aliphatic carboxylic acids is 1. The van der Waals surface area contributed by atoms with Gasteiger partial charge in [0, 0.05) is 18.6 Å². The van der Waals surface area contributed by atoms with Gasteiger partial charge in [0.15, 0.2) is 0 Å². The van der Waals surface area contributed by atoms with Gasteiger partial charge in [-0.2, -0.15) is 0 Å². The Labute approximate surface area is 85.1 Å². The maximum absolute atomic E-state index is 10.7. The molecule has 0 saturated heterocycles. The summed E-state index contributed by atoms with van der Waals surface area (Å²) in [7, 11) is 5.71. The highest BCUT2D eigenvalue weighted by molar-refractivity contribution is 5.84. The molecule has 0 aromatic heterocycles. The summed E-state index contributed by atoms with van der Waals surface area (Å²) in [6, 6.07) is 0. The molecule has 82 valence electrons. The van der Waals surface area contributed by atoms with Crippen LogP contribution >= 0.6 is 0 Å². The summed E-state index contributed by atoms with van der Waals surface area (Å²) >= 11 is 0. The Morgan fingerprint density at radius 1 is 1.36 bits per heavy atom. The van der Waals surface area contributed by atoms with Crippen molar-refractivity contribution in [1.82, 2.24) is 0 Å². The summed E-state index contributed by atoms with van der Waals surface area (Å²) in [5.41, 5.74) is 1.06. The van der Waals surface area contributed by atoms with Crippen LogP contribution in [-0.2, 0) is 4.79 Å². The average Bonchev–Trinajstić information content (AvgIpc) is 2.02. The molecule has 0 bridgehead atoms. The number of carboxylic acids is 1. The predicted octanol–water partition coefficient (Wildman–Crippen LogP) is -0.511. The van der Waals surface area contributed by atoms with Gasteiger partial charge in [-0.1, -0.05) is 0 Å². The van der Waals surface area contributed by atoms with E-state index in [1.807, 2.05) is 21.1 Å². The third kappa shape index (κ3) is 3.89. The van der Waals surface area contributed by atoms with Gasteiger partial charge >= 0.3 is 0 Å². The summed E-state index contributed by atoms with van der Waals surface area (Å²) in [6.45, 7) is 1.62. The SMILES string of the molecule is CC(C(=O)[O-])=C(CCCO)[N+](C)(C)C. The van der Waals surface area contributed by atoms with Gasteiger partial charge in [-0.05, 0) is 13.3 Å². The van der Waals surface area contributed by atoms with Crippen LogP contribution < -0.4 is 5.11 Å². The highest BCUT2D eigenvalue weighted by Crippen LogP contribution is 2.18. The predicted molar refractivity (Wildman–Crippen MR) is 52.1 cm³/mol. The molecule has 0 rings (SSSR count). The number of hydrogen-bond acceptors (Lipinski definition) is 3. The molecule has 0 aliphatic heterocycles. The topological polar surface area (TPSA) is 60.4 Å². The molecule has 4 nitrogen and oxygen atoms in total. The molecule has 1 N–H and O–H groups in total. The van der Waals surface area contributed by atoms with E-state index in [4.69, 9.17) is 5.11 Å². The van der Waals surface area contributed by atoms with Crippen LogP contribution in [0.5, 0.6) is 0 Å². The van der Waals surface area contributed by atoms with E-state index in [0.29, 0.717) is 17.3 Å². The summed E-state index contributed by atoms with van der Waals surface area (Å²) < 4.78 is 0.458. The number of quaternary nitrogens is 1. The fourth-order valence-corrected chi connectivity index (χ4v) is 1.39. The standard InChI is InChI=1S/C10H19NO3/c1-8(10(13)14)9(6-5-7-12)11(2,3)4/h12H,5-7H2,1-4H3. The van der Waals surface area contributed by atoms with Crippen LogP contribution in [0, 0.1) is 0 Å². The maximum Gasteiger partial charge on any atom is 0.113 e. The van der Waals surface area contributed by atoms with Crippen molar-refractivity contribution in [1.29, 1.82) is 0 Å². The van der Waals surface area contributed by atoms with Gasteiger partial charge in [-0.25, -0.2) is 0 Å². The molecule has 0 fully saturated rings. The van der Waals surface area contributed by atoms with E-state index in [2.05, 4.69) is 0 Å². The zero-order valence-electron chi connectivity index (χ0n) is 9.33. The minimum atomic E-state index is -1.13. The van der Waals surface area contributed by atoms with Gasteiger partial charge in [0.2, 0.25) is 0 Å². The number of aliphatic hydroxyl groups is 1. The molecule has 0 aliphatic rings. The molecule has 0 heterocycles. The molecule has 0 atom stereocenters. The van der Waals surface area contributed by atoms with E-state index in [9.17, 15) is 9.90 Å². The van der Waals surface area contributed by atoms with Crippen molar-refractivity contribution in [2.45, 2.75) is 19.8 Å². The van der Waals surface area contributed by atoms with E-state index in [1.165, 1.54) is 0 Å². The van der Waals surface area contributed by atoms with Crippen molar-refractivity contribution in [3.8, 4) is 0 Å². The van der Waals surface area contributed by atoms with Crippen LogP contribution in [0.4, 0.5) is 0 Å². The summed E-state index contributed by atoms with van der Waals surface area (Å²) in [4.78, 5) is 10.7. The first-order chi connectivity index (χ1) is 6.30. The Hall–Kier alpha value is -0.870. The molecule has 4 heteroatoms. The van der Waals surface area contributed by atoms with Crippen molar-refractivity contribution in [2.24, 2.45) is 0 Å². The normalized spacial score (nSPS) is 13.8. The van der Waals surface area contributed by atoms with Gasteiger partial charge in [0.05, 0.1) is 27.1 Å². The first-order valence-electron chi connectivity index (χ1n) is 4.64. The molecule has 14 heavy (non-hydrogen) atoms. The number of carbonyl (C=O) groups is 1. The fraction of sp³-hybridized carbons (Fsp3) is 0.700. The fourth-order valence-electron chi connectivity index (χ4n) is 1.39. The number of allylic oxidation sites excluding steroid dienone is 1. The van der Waals surface area contributed by atoms with E-state index in [-0.39, 0.29) is 12.2 Å². The molecular formula is C10H19NO3. The highest BCUT2D eigenvalue weighted by atomic mass is 16.4. The lowest BCUT2D eigenvalue weighted by molar-refractivity contribution is -0.833. The first-order valence-corrected chi connectivity index (χ1v) is 4.64. The zero-order valence-corrected chi connectivity index (χ0v) is 9.33. The molecule has 0 spiro atoms. The molecule has 0 unspecified atom stereocenters. The molecule has 0 saturated carbocycles. The lowest BCUT2D eigenvalue weighted by atomic mass is 10.1. The Balaban J connectivity index is 4.90. The van der Waals surface area contributed by atoms with E-state index < -0.39 is 5.97 Å². The number of hydrogen-bond donors (Lipinski definition) is 1. The largest absolute Gasteiger partial charge is 0.545 e. The van der Waals surface area contributed by atoms with E-state index >= 15 is 0 Å². The van der Waals surface area contributed by atoms with Crippen LogP contribution in [0.1, 0.15) is 19.8 Å².